The van der Waals surface area contributed by atoms with Crippen molar-refractivity contribution in [2.24, 2.45) is 0 Å². The molecule has 1 aromatic heterocycles. The highest BCUT2D eigenvalue weighted by molar-refractivity contribution is 7.80. The number of nitrogen functional groups attached to an aromatic ring is 1. The van der Waals surface area contributed by atoms with Gasteiger partial charge in [0.05, 0.1) is 26.6 Å². The minimum absolute atomic E-state index is 0.135. The average Bonchev–Trinajstić information content (AvgIpc) is 3.18. The van der Waals surface area contributed by atoms with Crippen LogP contribution >= 0.6 is 12.6 Å². The van der Waals surface area contributed by atoms with Crippen molar-refractivity contribution in [2.75, 3.05) is 32.4 Å². The molecule has 0 saturated carbocycles. The number of aromatic nitrogens is 3. The summed E-state index contributed by atoms with van der Waals surface area (Å²) in [5, 5.41) is 8.95. The summed E-state index contributed by atoms with van der Waals surface area (Å²) in [5.74, 6) is 1.64. The Balaban J connectivity index is 1.84. The van der Waals surface area contributed by atoms with Crippen LogP contribution in [0.5, 0.6) is 17.2 Å². The van der Waals surface area contributed by atoms with E-state index in [1.54, 1.807) is 30.3 Å². The van der Waals surface area contributed by atoms with Crippen molar-refractivity contribution < 1.29 is 19.0 Å². The van der Waals surface area contributed by atoms with Crippen molar-refractivity contribution in [1.82, 2.24) is 15.2 Å². The summed E-state index contributed by atoms with van der Waals surface area (Å²) in [6.07, 6.45) is 0. The normalized spacial score (nSPS) is 11.6. The van der Waals surface area contributed by atoms with Crippen LogP contribution in [0.25, 0.3) is 0 Å². The van der Waals surface area contributed by atoms with Crippen LogP contribution in [0.1, 0.15) is 27.0 Å². The van der Waals surface area contributed by atoms with Crippen LogP contribution in [-0.2, 0) is 0 Å². The van der Waals surface area contributed by atoms with E-state index < -0.39 is 5.25 Å². The lowest BCUT2D eigenvalue weighted by Gasteiger charge is -2.15. The molecular formula is C19H21N5O4S. The van der Waals surface area contributed by atoms with Crippen molar-refractivity contribution in [3.63, 3.8) is 0 Å². The van der Waals surface area contributed by atoms with Gasteiger partial charge in [0.2, 0.25) is 11.7 Å². The first-order valence-electron chi connectivity index (χ1n) is 8.54. The summed E-state index contributed by atoms with van der Waals surface area (Å²) in [7, 11) is 4.53. The molecule has 3 aromatic rings. The van der Waals surface area contributed by atoms with Gasteiger partial charge in [-0.15, -0.1) is 5.10 Å². The number of hydrogen-bond donors (Lipinski definition) is 4. The molecule has 0 bridgehead atoms. The summed E-state index contributed by atoms with van der Waals surface area (Å²) < 4.78 is 15.9. The first kappa shape index (κ1) is 20.3. The van der Waals surface area contributed by atoms with E-state index >= 15 is 0 Å². The zero-order valence-electron chi connectivity index (χ0n) is 16.1. The largest absolute Gasteiger partial charge is 0.493 e. The zero-order valence-corrected chi connectivity index (χ0v) is 17.0. The van der Waals surface area contributed by atoms with Gasteiger partial charge >= 0.3 is 0 Å². The van der Waals surface area contributed by atoms with E-state index in [2.05, 4.69) is 33.1 Å². The second-order valence-electron chi connectivity index (χ2n) is 5.97. The van der Waals surface area contributed by atoms with Gasteiger partial charge in [-0.25, -0.2) is 0 Å². The number of thiol groups is 1. The molecule has 0 aliphatic rings. The Labute approximate surface area is 173 Å². The summed E-state index contributed by atoms with van der Waals surface area (Å²) in [6, 6.07) is 10.3. The number of aromatic amines is 1. The zero-order chi connectivity index (χ0) is 21.0. The maximum absolute atomic E-state index is 12.8. The molecule has 1 heterocycles. The topological polar surface area (TPSA) is 124 Å². The van der Waals surface area contributed by atoms with Crippen LogP contribution in [0.3, 0.4) is 0 Å². The molecule has 0 fully saturated rings. The van der Waals surface area contributed by atoms with Crippen LogP contribution in [0.15, 0.2) is 36.4 Å². The fourth-order valence-corrected chi connectivity index (χ4v) is 3.05. The Bertz CT molecular complexity index is 998. The van der Waals surface area contributed by atoms with Crippen LogP contribution in [0.4, 0.5) is 11.6 Å². The molecule has 29 heavy (non-hydrogen) atoms. The third-order valence-corrected chi connectivity index (χ3v) is 4.71. The number of carbonyl (C=O) groups is 1. The van der Waals surface area contributed by atoms with Gasteiger partial charge in [-0.1, -0.05) is 12.1 Å². The molecular weight excluding hydrogens is 394 g/mol. The molecule has 0 radical (unpaired) electrons. The summed E-state index contributed by atoms with van der Waals surface area (Å²) in [6.45, 7) is 0. The minimum atomic E-state index is -0.409. The molecule has 9 nitrogen and oxygen atoms in total. The third-order valence-electron chi connectivity index (χ3n) is 4.17. The number of amides is 1. The number of H-pyrrole nitrogens is 1. The molecule has 1 amide bonds. The Morgan fingerprint density at radius 1 is 1.14 bits per heavy atom. The number of anilines is 2. The van der Waals surface area contributed by atoms with E-state index in [9.17, 15) is 4.79 Å². The molecule has 0 aliphatic heterocycles. The van der Waals surface area contributed by atoms with E-state index in [-0.39, 0.29) is 11.9 Å². The van der Waals surface area contributed by atoms with Gasteiger partial charge in [-0.05, 0) is 17.7 Å². The van der Waals surface area contributed by atoms with Crippen molar-refractivity contribution in [3.05, 3.63) is 53.3 Å². The predicted molar refractivity (Wildman–Crippen MR) is 112 cm³/mol. The Morgan fingerprint density at radius 3 is 2.38 bits per heavy atom. The molecule has 1 atom stereocenters. The number of benzene rings is 2. The van der Waals surface area contributed by atoms with Crippen molar-refractivity contribution in [3.8, 4) is 17.2 Å². The highest BCUT2D eigenvalue weighted by atomic mass is 32.1. The molecule has 10 heteroatoms. The van der Waals surface area contributed by atoms with E-state index in [0.717, 1.165) is 5.56 Å². The monoisotopic (exact) mass is 415 g/mol. The van der Waals surface area contributed by atoms with Crippen LogP contribution < -0.4 is 25.3 Å². The number of nitrogens with two attached hydrogens (primary N) is 1. The number of carbonyl (C=O) groups excluding carboxylic acids is 1. The van der Waals surface area contributed by atoms with Gasteiger partial charge in [0.15, 0.2) is 11.5 Å². The lowest BCUT2D eigenvalue weighted by atomic mass is 10.1. The average molecular weight is 415 g/mol. The van der Waals surface area contributed by atoms with Gasteiger partial charge in [-0.2, -0.15) is 17.6 Å². The van der Waals surface area contributed by atoms with E-state index in [1.165, 1.54) is 21.3 Å². The molecule has 0 spiro atoms. The van der Waals surface area contributed by atoms with Gasteiger partial charge in [0, 0.05) is 23.4 Å². The van der Waals surface area contributed by atoms with Crippen LogP contribution in [-0.4, -0.2) is 42.4 Å². The second kappa shape index (κ2) is 8.74. The second-order valence-corrected chi connectivity index (χ2v) is 6.49. The van der Waals surface area contributed by atoms with E-state index in [1.807, 2.05) is 6.07 Å². The van der Waals surface area contributed by atoms with Crippen LogP contribution in [0, 0.1) is 0 Å². The lowest BCUT2D eigenvalue weighted by molar-refractivity contribution is 0.102. The lowest BCUT2D eigenvalue weighted by Crippen LogP contribution is -2.13. The molecule has 4 N–H and O–H groups in total. The van der Waals surface area contributed by atoms with Gasteiger partial charge < -0.3 is 25.3 Å². The summed E-state index contributed by atoms with van der Waals surface area (Å²) in [5.41, 5.74) is 7.26. The van der Waals surface area contributed by atoms with Crippen molar-refractivity contribution >= 4 is 30.2 Å². The number of methoxy groups -OCH3 is 3. The number of hydrogen-bond acceptors (Lipinski definition) is 8. The molecule has 1 unspecified atom stereocenters. The number of nitrogens with zero attached hydrogens (tertiary/aromatic N) is 2. The quantitative estimate of drug-likeness (QED) is 0.437. The maximum atomic E-state index is 12.8. The molecule has 0 aliphatic carbocycles. The molecule has 0 saturated heterocycles. The highest BCUT2D eigenvalue weighted by Crippen LogP contribution is 2.40. The predicted octanol–water partition coefficient (Wildman–Crippen LogP) is 2.68. The summed E-state index contributed by atoms with van der Waals surface area (Å²) in [4.78, 5) is 16.9. The fraction of sp³-hybridized carbons (Fsp3) is 0.211. The van der Waals surface area contributed by atoms with E-state index in [0.29, 0.717) is 34.3 Å². The van der Waals surface area contributed by atoms with E-state index in [4.69, 9.17) is 19.9 Å². The highest BCUT2D eigenvalue weighted by Gasteiger charge is 2.18. The first-order valence-corrected chi connectivity index (χ1v) is 9.05. The fourth-order valence-electron chi connectivity index (χ4n) is 2.77. The Hall–Kier alpha value is -3.40. The van der Waals surface area contributed by atoms with Crippen molar-refractivity contribution in [1.29, 1.82) is 0 Å². The number of nitrogens with one attached hydrogen (secondary N) is 2. The smallest absolute Gasteiger partial charge is 0.255 e. The molecule has 3 rings (SSSR count). The van der Waals surface area contributed by atoms with Crippen LogP contribution in [0.2, 0.25) is 0 Å². The van der Waals surface area contributed by atoms with Crippen molar-refractivity contribution in [2.45, 2.75) is 5.25 Å². The number of ether oxygens (including phenoxy) is 3. The van der Waals surface area contributed by atoms with Gasteiger partial charge in [0.25, 0.3) is 5.91 Å². The van der Waals surface area contributed by atoms with Gasteiger partial charge in [-0.3, -0.25) is 9.89 Å². The minimum Gasteiger partial charge on any atom is -0.493 e. The first-order chi connectivity index (χ1) is 14.0. The third kappa shape index (κ3) is 4.37. The molecule has 152 valence electrons. The summed E-state index contributed by atoms with van der Waals surface area (Å²) >= 11 is 4.54. The molecule has 2 aromatic carbocycles. The SMILES string of the molecule is COc1cc(NC(=O)c2cccc(C(S)c3nc(N)n[nH]3)c2)cc(OC)c1OC. The Kier molecular flexibility index (Phi) is 6.13. The maximum Gasteiger partial charge on any atom is 0.255 e. The standard InChI is InChI=1S/C19H21N5O4S/c1-26-13-8-12(9-14(27-2)15(13)28-3)21-18(25)11-6-4-5-10(7-11)16(29)17-22-19(20)24-23-17/h4-9,16,29H,1-3H3,(H,21,25)(H3,20,22,23,24). The number of rotatable bonds is 7. The Morgan fingerprint density at radius 2 is 1.83 bits per heavy atom. The van der Waals surface area contributed by atoms with Gasteiger partial charge in [0.1, 0.15) is 5.82 Å².